The van der Waals surface area contributed by atoms with E-state index in [9.17, 15) is 58.0 Å². The molecule has 4 aliphatic rings. The molecule has 1 amide bonds. The number of sulfonamides is 4. The average molecular weight is 1780 g/mol. The predicted octanol–water partition coefficient (Wildman–Crippen LogP) is 19.2. The number of carbonyl (C=O) groups is 4. The lowest BCUT2D eigenvalue weighted by Gasteiger charge is -2.37. The Bertz CT molecular complexity index is 5560. The summed E-state index contributed by atoms with van der Waals surface area (Å²) in [6, 6.07) is 48.9. The minimum atomic E-state index is -3.99. The van der Waals surface area contributed by atoms with Crippen molar-refractivity contribution in [2.24, 2.45) is 27.4 Å². The number of aryl methyl sites for hydroxylation is 4. The first-order chi connectivity index (χ1) is 55.3. The molecule has 0 aliphatic carbocycles. The van der Waals surface area contributed by atoms with Crippen LogP contribution < -0.4 is 5.73 Å². The van der Waals surface area contributed by atoms with Crippen LogP contribution in [0.4, 0.5) is 0 Å². The number of hydrogen-bond acceptors (Lipinski definition) is 14. The maximum absolute atomic E-state index is 14.0. The van der Waals surface area contributed by atoms with Crippen molar-refractivity contribution in [3.05, 3.63) is 305 Å². The molecule has 0 unspecified atom stereocenters. The first kappa shape index (κ1) is 94.3. The summed E-state index contributed by atoms with van der Waals surface area (Å²) >= 11 is 24.1. The third-order valence-electron chi connectivity index (χ3n) is 21.0. The van der Waals surface area contributed by atoms with E-state index in [1.165, 1.54) is 24.3 Å². The number of halogens is 4. The molecule has 4 aliphatic heterocycles. The summed E-state index contributed by atoms with van der Waals surface area (Å²) in [5, 5.41) is 12.0. The highest BCUT2D eigenvalue weighted by Gasteiger charge is 2.55. The molecule has 0 aromatic heterocycles. The molecule has 0 saturated carbocycles. The number of amides is 1. The molecule has 634 valence electrons. The number of rotatable bonds is 17. The molecule has 0 bridgehead atoms. The van der Waals surface area contributed by atoms with Crippen LogP contribution in [0.25, 0.3) is 0 Å². The molecule has 8 aromatic rings. The molecule has 0 spiro atoms. The largest absolute Gasteiger partial charge is 0.478 e. The summed E-state index contributed by atoms with van der Waals surface area (Å²) in [5.41, 5.74) is 9.78. The van der Waals surface area contributed by atoms with Gasteiger partial charge in [0.05, 0.1) is 74.2 Å². The molecule has 119 heavy (non-hydrogen) atoms. The van der Waals surface area contributed by atoms with Crippen molar-refractivity contribution < 1.29 is 67.4 Å². The van der Waals surface area contributed by atoms with Crippen molar-refractivity contribution in [3.63, 3.8) is 0 Å². The number of nitrogens with two attached hydrogens (primary N) is 1. The van der Waals surface area contributed by atoms with Gasteiger partial charge in [-0.05, 0) is 174 Å². The molecule has 20 nitrogen and oxygen atoms in total. The first-order valence-corrected chi connectivity index (χ1v) is 45.7. The zero-order chi connectivity index (χ0) is 88.4. The van der Waals surface area contributed by atoms with E-state index in [0.717, 1.165) is 0 Å². The van der Waals surface area contributed by atoms with Gasteiger partial charge in [0.1, 0.15) is 0 Å². The Hall–Kier alpha value is -8.60. The molecular weight excluding hydrogens is 1670 g/mol. The first-order valence-electron chi connectivity index (χ1n) is 38.4. The minimum Gasteiger partial charge on any atom is -0.478 e. The second-order valence-electron chi connectivity index (χ2n) is 33.8. The van der Waals surface area contributed by atoms with E-state index < -0.39 is 134 Å². The molecule has 4 heterocycles. The Balaban J connectivity index is 0.000000181. The number of carboxylic acids is 1. The Labute approximate surface area is 721 Å². The number of benzene rings is 8. The monoisotopic (exact) mass is 1770 g/mol. The van der Waals surface area contributed by atoms with Crippen LogP contribution in [0.5, 0.6) is 0 Å². The van der Waals surface area contributed by atoms with E-state index in [1.54, 1.807) is 253 Å². The Morgan fingerprint density at radius 1 is 0.353 bits per heavy atom. The summed E-state index contributed by atoms with van der Waals surface area (Å²) in [6.07, 6.45) is 6.73. The number of hydrogen-bond donors (Lipinski definition) is 2. The number of methoxy groups -OCH3 is 1. The fourth-order valence-corrected chi connectivity index (χ4v) is 24.1. The molecular formula is C91H103Cl4N5O15S4. The maximum Gasteiger partial charge on any atom is 0.335 e. The van der Waals surface area contributed by atoms with Crippen LogP contribution in [-0.2, 0) is 68.7 Å². The van der Waals surface area contributed by atoms with Crippen LogP contribution >= 0.6 is 46.4 Å². The van der Waals surface area contributed by atoms with Crippen molar-refractivity contribution in [1.82, 2.24) is 17.2 Å². The fraction of sp³-hybridized carbons (Fsp3) is 0.341. The topological polar surface area (TPSA) is 283 Å². The summed E-state index contributed by atoms with van der Waals surface area (Å²) in [4.78, 5) is 50.8. The molecule has 8 atom stereocenters. The van der Waals surface area contributed by atoms with Crippen molar-refractivity contribution in [2.45, 2.75) is 186 Å². The van der Waals surface area contributed by atoms with Crippen LogP contribution in [0.3, 0.4) is 0 Å². The Morgan fingerprint density at radius 2 is 0.563 bits per heavy atom. The lowest BCUT2D eigenvalue weighted by molar-refractivity contribution is -0.139. The van der Waals surface area contributed by atoms with Crippen LogP contribution in [0.2, 0.25) is 20.1 Å². The highest BCUT2D eigenvalue weighted by atomic mass is 35.5. The number of esters is 2. The van der Waals surface area contributed by atoms with Gasteiger partial charge in [-0.15, -0.1) is 0 Å². The van der Waals surface area contributed by atoms with Gasteiger partial charge in [0.2, 0.25) is 46.0 Å². The number of carbonyl (C=O) groups excluding carboxylic acids is 3. The van der Waals surface area contributed by atoms with Gasteiger partial charge in [-0.2, -0.15) is 17.2 Å². The average Bonchev–Trinajstić information content (AvgIpc) is 1.59. The summed E-state index contributed by atoms with van der Waals surface area (Å²) in [5.74, 6) is -2.84. The molecule has 12 rings (SSSR count). The maximum atomic E-state index is 14.0. The molecule has 0 saturated heterocycles. The SMILES string of the molecule is CCOC(=O)C1=C[C@@H](C(C)(C)C)N(S(=O)(=O)c2ccccc2C)[C@H]1c1ccc(Cl)cc1.COC(=O)C1=C[C@@H](C(C)(C)C)N(S(=O)(=O)c2ccccc2C)[C@H]1c1ccc(Cl)cc1.Cc1ccccc1S(=O)(=O)N1[C@@H](c2ccc(Cl)cc2)C(C(=O)O)=C[C@H]1C(C)(C)C.Cc1ccccc1S(=O)(=O)N1[C@@H](c2ccc(Cl)cc2)C(C(N)=O)=C[C@H]1C(C)(C)C. The zero-order valence-corrected chi connectivity index (χ0v) is 76.1. The van der Waals surface area contributed by atoms with Crippen LogP contribution in [-0.4, -0.2) is 118 Å². The highest BCUT2D eigenvalue weighted by molar-refractivity contribution is 7.90. The van der Waals surface area contributed by atoms with Gasteiger partial charge in [-0.1, -0.05) is 275 Å². The van der Waals surface area contributed by atoms with E-state index >= 15 is 0 Å². The molecule has 0 fully saturated rings. The highest BCUT2D eigenvalue weighted by Crippen LogP contribution is 2.52. The van der Waals surface area contributed by atoms with E-state index in [0.29, 0.717) is 75.7 Å². The van der Waals surface area contributed by atoms with Gasteiger partial charge in [-0.25, -0.2) is 48.1 Å². The fourth-order valence-electron chi connectivity index (χ4n) is 15.0. The minimum absolute atomic E-state index is 0.0457. The van der Waals surface area contributed by atoms with Gasteiger partial charge in [-0.3, -0.25) is 4.79 Å². The molecule has 8 aromatic carbocycles. The third kappa shape index (κ3) is 20.5. The lowest BCUT2D eigenvalue weighted by atomic mass is 9.87. The molecule has 3 N–H and O–H groups in total. The summed E-state index contributed by atoms with van der Waals surface area (Å²) in [7, 11) is -14.5. The molecule has 0 radical (unpaired) electrons. The number of primary amides is 1. The molecule has 28 heteroatoms. The zero-order valence-electron chi connectivity index (χ0n) is 69.8. The standard InChI is InChI=1S/C24H28ClNO4S.C23H26ClNO4S.C22H25ClN2O3S.C22H24ClNO4S/c1-6-30-23(27)19-15-21(24(3,4)5)26(22(19)17-11-13-18(25)14-12-17)31(28,29)20-10-8-7-9-16(20)2;1-15-8-6-7-9-19(15)30(27,28)25-20(23(2,3)4)14-18(22(26)29-5)21(25)16-10-12-17(24)13-11-16;1-14-7-5-6-8-18(14)29(27,28)25-19(22(2,3)4)13-17(21(24)26)20(25)15-9-11-16(23)12-10-15;1-14-7-5-6-8-18(14)29(27,28)24-19(22(2,3)4)13-17(21(25)26)20(24)15-9-11-16(23)12-10-15/h7-15,21-22H,6H2,1-5H3;6-14,20-21H,1-5H3;5-13,19-20H,1-4H3,(H2,24,26);5-13,19-20H,1-4H3,(H,25,26)/t21-,22-;20-,21-;2*19-,20-/m0000/s1. The Kier molecular flexibility index (Phi) is 29.3. The quantitative estimate of drug-likeness (QED) is 0.0802. The van der Waals surface area contributed by atoms with Crippen molar-refractivity contribution in [3.8, 4) is 0 Å². The van der Waals surface area contributed by atoms with Crippen molar-refractivity contribution in [1.29, 1.82) is 0 Å². The van der Waals surface area contributed by atoms with Crippen molar-refractivity contribution in [2.75, 3.05) is 13.7 Å². The van der Waals surface area contributed by atoms with Gasteiger partial charge in [0.25, 0.3) is 0 Å². The normalized spacial score (nSPS) is 20.3. The lowest BCUT2D eigenvalue weighted by Crippen LogP contribution is -2.45. The van der Waals surface area contributed by atoms with Gasteiger partial charge in [0.15, 0.2) is 0 Å². The van der Waals surface area contributed by atoms with Crippen LogP contribution in [0.1, 0.15) is 159 Å². The number of ether oxygens (including phenoxy) is 2. The second-order valence-corrected chi connectivity index (χ2v) is 42.8. The third-order valence-corrected chi connectivity index (χ3v) is 30.0. The van der Waals surface area contributed by atoms with E-state index in [2.05, 4.69) is 0 Å². The van der Waals surface area contributed by atoms with Crippen LogP contribution in [0, 0.1) is 49.4 Å². The predicted molar refractivity (Wildman–Crippen MR) is 468 cm³/mol. The Morgan fingerprint density at radius 3 is 0.773 bits per heavy atom. The van der Waals surface area contributed by atoms with Crippen molar-refractivity contribution >= 4 is 110 Å². The summed E-state index contributed by atoms with van der Waals surface area (Å²) in [6.45, 7) is 32.2. The van der Waals surface area contributed by atoms with Crippen LogP contribution in [0.15, 0.2) is 260 Å². The van der Waals surface area contributed by atoms with E-state index in [4.69, 9.17) is 61.6 Å². The summed E-state index contributed by atoms with van der Waals surface area (Å²) < 4.78 is 127. The van der Waals surface area contributed by atoms with Gasteiger partial charge < -0.3 is 20.3 Å². The van der Waals surface area contributed by atoms with Gasteiger partial charge in [0, 0.05) is 49.8 Å². The van der Waals surface area contributed by atoms with Gasteiger partial charge >= 0.3 is 17.9 Å². The number of nitrogens with zero attached hydrogens (tertiary/aromatic N) is 4. The van der Waals surface area contributed by atoms with E-state index in [-0.39, 0.29) is 37.3 Å². The second kappa shape index (κ2) is 37.0. The smallest absolute Gasteiger partial charge is 0.335 e. The number of carboxylic acid groups (broad SMARTS) is 1. The number of aliphatic carboxylic acids is 1. The van der Waals surface area contributed by atoms with E-state index in [1.807, 2.05) is 83.1 Å².